The quantitative estimate of drug-likeness (QED) is 0.640. The zero-order valence-corrected chi connectivity index (χ0v) is 12.7. The molecule has 1 heterocycles. The number of halogens is 1. The van der Waals surface area contributed by atoms with E-state index in [1.54, 1.807) is 13.8 Å². The van der Waals surface area contributed by atoms with Gasteiger partial charge < -0.3 is 15.8 Å². The van der Waals surface area contributed by atoms with E-state index in [2.05, 4.69) is 5.32 Å². The van der Waals surface area contributed by atoms with Crippen LogP contribution in [-0.4, -0.2) is 54.5 Å². The van der Waals surface area contributed by atoms with Crippen molar-refractivity contribution >= 4 is 30.1 Å². The summed E-state index contributed by atoms with van der Waals surface area (Å²) in [6.45, 7) is 3.74. The molecule has 3 amide bonds. The van der Waals surface area contributed by atoms with Crippen LogP contribution in [0.3, 0.4) is 0 Å². The van der Waals surface area contributed by atoms with Crippen LogP contribution in [0, 0.1) is 0 Å². The summed E-state index contributed by atoms with van der Waals surface area (Å²) in [5, 5.41) is 2.56. The molecule has 0 aromatic rings. The number of likely N-dealkylation sites (tertiary alicyclic amines) is 1. The van der Waals surface area contributed by atoms with Gasteiger partial charge in [-0.25, -0.2) is 0 Å². The van der Waals surface area contributed by atoms with Gasteiger partial charge in [-0.15, -0.1) is 12.4 Å². The Kier molecular flexibility index (Phi) is 7.70. The fourth-order valence-corrected chi connectivity index (χ4v) is 2.03. The van der Waals surface area contributed by atoms with Crippen molar-refractivity contribution in [3.8, 4) is 0 Å². The molecule has 1 aliphatic rings. The number of nitrogens with one attached hydrogen (secondary N) is 1. The molecule has 2 atom stereocenters. The first-order chi connectivity index (χ1) is 8.90. The number of hydrogen-bond donors (Lipinski definition) is 2. The molecule has 8 heteroatoms. The van der Waals surface area contributed by atoms with E-state index in [9.17, 15) is 14.4 Å². The van der Waals surface area contributed by atoms with E-state index in [1.165, 1.54) is 12.0 Å². The molecule has 0 bridgehead atoms. The normalized spacial score (nSPS) is 20.1. The van der Waals surface area contributed by atoms with E-state index < -0.39 is 6.04 Å². The van der Waals surface area contributed by atoms with Gasteiger partial charge in [0.25, 0.3) is 5.91 Å². The van der Waals surface area contributed by atoms with Crippen molar-refractivity contribution in [2.45, 2.75) is 44.9 Å². The lowest BCUT2D eigenvalue weighted by atomic mass is 10.2. The average Bonchev–Trinajstić information content (AvgIpc) is 2.61. The van der Waals surface area contributed by atoms with Crippen LogP contribution in [0.1, 0.15) is 26.7 Å². The van der Waals surface area contributed by atoms with Crippen LogP contribution in [0.4, 0.5) is 0 Å². The zero-order valence-electron chi connectivity index (χ0n) is 11.9. The number of carbonyl (C=O) groups excluding carboxylic acids is 3. The van der Waals surface area contributed by atoms with Crippen molar-refractivity contribution in [2.75, 3.05) is 13.7 Å². The van der Waals surface area contributed by atoms with Gasteiger partial charge in [-0.1, -0.05) is 0 Å². The topological polar surface area (TPSA) is 102 Å². The summed E-state index contributed by atoms with van der Waals surface area (Å²) in [7, 11) is 1.47. The van der Waals surface area contributed by atoms with Crippen molar-refractivity contribution in [3.63, 3.8) is 0 Å². The molecule has 0 spiro atoms. The number of amides is 3. The Bertz CT molecular complexity index is 372. The maximum absolute atomic E-state index is 12.0. The molecule has 0 aromatic heterocycles. The molecular weight excluding hydrogens is 286 g/mol. The highest BCUT2D eigenvalue weighted by Crippen LogP contribution is 2.16. The minimum atomic E-state index is -0.766. The zero-order chi connectivity index (χ0) is 14.6. The number of methoxy groups -OCH3 is 1. The van der Waals surface area contributed by atoms with Crippen LogP contribution >= 0.6 is 12.4 Å². The molecule has 0 saturated carbocycles. The lowest BCUT2D eigenvalue weighted by molar-refractivity contribution is -0.141. The summed E-state index contributed by atoms with van der Waals surface area (Å²) >= 11 is 0. The first kappa shape index (κ1) is 18.8. The number of carbonyl (C=O) groups is 3. The third-order valence-electron chi connectivity index (χ3n) is 3.04. The van der Waals surface area contributed by atoms with Crippen LogP contribution < -0.4 is 11.1 Å². The third-order valence-corrected chi connectivity index (χ3v) is 3.04. The highest BCUT2D eigenvalue weighted by Gasteiger charge is 2.40. The highest BCUT2D eigenvalue weighted by molar-refractivity contribution is 6.07. The number of rotatable bonds is 6. The summed E-state index contributed by atoms with van der Waals surface area (Å²) in [6, 6.07) is -0.963. The fraction of sp³-hybridized carbons (Fsp3) is 0.750. The monoisotopic (exact) mass is 307 g/mol. The maximum Gasteiger partial charge on any atom is 0.252 e. The first-order valence-corrected chi connectivity index (χ1v) is 6.28. The minimum Gasteiger partial charge on any atom is -0.380 e. The lowest BCUT2D eigenvalue weighted by Gasteiger charge is -2.19. The average molecular weight is 308 g/mol. The molecule has 0 radical (unpaired) electrons. The smallest absolute Gasteiger partial charge is 0.252 e. The predicted octanol–water partition coefficient (Wildman–Crippen LogP) is -0.576. The minimum absolute atomic E-state index is 0. The van der Waals surface area contributed by atoms with E-state index in [4.69, 9.17) is 10.5 Å². The lowest BCUT2D eigenvalue weighted by Crippen LogP contribution is -2.44. The van der Waals surface area contributed by atoms with Crippen molar-refractivity contribution in [1.29, 1.82) is 0 Å². The molecule has 2 unspecified atom stereocenters. The second-order valence-corrected chi connectivity index (χ2v) is 4.82. The SMILES string of the molecule is COC(CN)CC(=O)NC1CC(=O)N(C(C)C)C1=O.Cl. The molecule has 1 saturated heterocycles. The molecular formula is C12H22ClN3O4. The standard InChI is InChI=1S/C12H21N3O4.ClH/c1-7(2)15-11(17)5-9(12(15)18)14-10(16)4-8(6-13)19-3;/h7-9H,4-6,13H2,1-3H3,(H,14,16);1H. The molecule has 20 heavy (non-hydrogen) atoms. The van der Waals surface area contributed by atoms with Crippen molar-refractivity contribution in [1.82, 2.24) is 10.2 Å². The van der Waals surface area contributed by atoms with E-state index in [0.29, 0.717) is 0 Å². The van der Waals surface area contributed by atoms with Gasteiger partial charge in [-0.2, -0.15) is 0 Å². The Balaban J connectivity index is 0.00000361. The van der Waals surface area contributed by atoms with Crippen LogP contribution in [-0.2, 0) is 19.1 Å². The summed E-state index contributed by atoms with van der Waals surface area (Å²) in [5.41, 5.74) is 5.42. The number of nitrogens with two attached hydrogens (primary N) is 1. The highest BCUT2D eigenvalue weighted by atomic mass is 35.5. The second-order valence-electron chi connectivity index (χ2n) is 4.82. The van der Waals surface area contributed by atoms with E-state index in [0.717, 1.165) is 0 Å². The van der Waals surface area contributed by atoms with Gasteiger partial charge in [-0.3, -0.25) is 19.3 Å². The number of nitrogens with zero attached hydrogens (tertiary/aromatic N) is 1. The van der Waals surface area contributed by atoms with Gasteiger partial charge in [0.15, 0.2) is 0 Å². The van der Waals surface area contributed by atoms with Crippen molar-refractivity contribution in [3.05, 3.63) is 0 Å². The van der Waals surface area contributed by atoms with Crippen LogP contribution in [0.2, 0.25) is 0 Å². The molecule has 1 rings (SSSR count). The van der Waals surface area contributed by atoms with Crippen LogP contribution in [0.15, 0.2) is 0 Å². The van der Waals surface area contributed by atoms with Crippen molar-refractivity contribution in [2.24, 2.45) is 5.73 Å². The number of ether oxygens (including phenoxy) is 1. The summed E-state index contributed by atoms with van der Waals surface area (Å²) < 4.78 is 4.99. The molecule has 116 valence electrons. The Morgan fingerprint density at radius 2 is 2.10 bits per heavy atom. The molecule has 3 N–H and O–H groups in total. The largest absolute Gasteiger partial charge is 0.380 e. The van der Waals surface area contributed by atoms with Crippen LogP contribution in [0.25, 0.3) is 0 Å². The van der Waals surface area contributed by atoms with Gasteiger partial charge in [0.05, 0.1) is 18.9 Å². The molecule has 1 fully saturated rings. The second kappa shape index (κ2) is 8.18. The fourth-order valence-electron chi connectivity index (χ4n) is 2.03. The van der Waals surface area contributed by atoms with Gasteiger partial charge in [-0.05, 0) is 13.8 Å². The predicted molar refractivity (Wildman–Crippen MR) is 75.3 cm³/mol. The maximum atomic E-state index is 12.0. The molecule has 1 aliphatic heterocycles. The van der Waals surface area contributed by atoms with Crippen LogP contribution in [0.5, 0.6) is 0 Å². The van der Waals surface area contributed by atoms with Gasteiger partial charge in [0, 0.05) is 19.7 Å². The summed E-state index contributed by atoms with van der Waals surface area (Å²) in [6.07, 6.45) is -0.288. The van der Waals surface area contributed by atoms with E-state index >= 15 is 0 Å². The summed E-state index contributed by atoms with van der Waals surface area (Å²) in [4.78, 5) is 36.5. The number of hydrogen-bond acceptors (Lipinski definition) is 5. The van der Waals surface area contributed by atoms with Gasteiger partial charge in [0.2, 0.25) is 11.8 Å². The Labute approximate surface area is 124 Å². The molecule has 0 aliphatic carbocycles. The Morgan fingerprint density at radius 3 is 2.50 bits per heavy atom. The third kappa shape index (κ3) is 4.43. The molecule has 7 nitrogen and oxygen atoms in total. The summed E-state index contributed by atoms with van der Waals surface area (Å²) in [5.74, 6) is -0.948. The Morgan fingerprint density at radius 1 is 1.50 bits per heavy atom. The van der Waals surface area contributed by atoms with Gasteiger partial charge in [0.1, 0.15) is 6.04 Å². The Hall–Kier alpha value is -1.18. The molecule has 0 aromatic carbocycles. The van der Waals surface area contributed by atoms with Crippen molar-refractivity contribution < 1.29 is 19.1 Å². The number of imide groups is 1. The van der Waals surface area contributed by atoms with E-state index in [1.807, 2.05) is 0 Å². The van der Waals surface area contributed by atoms with Gasteiger partial charge >= 0.3 is 0 Å². The van der Waals surface area contributed by atoms with E-state index in [-0.39, 0.29) is 61.7 Å². The first-order valence-electron chi connectivity index (χ1n) is 6.28.